The highest BCUT2D eigenvalue weighted by molar-refractivity contribution is 5.69. The van der Waals surface area contributed by atoms with Crippen molar-refractivity contribution < 1.29 is 22.7 Å². The number of aromatic nitrogens is 1. The zero-order chi connectivity index (χ0) is 24.9. The van der Waals surface area contributed by atoms with Gasteiger partial charge in [0.15, 0.2) is 0 Å². The molecule has 1 atom stereocenters. The zero-order valence-corrected chi connectivity index (χ0v) is 19.6. The number of rotatable bonds is 8. The minimum absolute atomic E-state index is 0.239. The third-order valence-corrected chi connectivity index (χ3v) is 6.38. The molecule has 1 aliphatic rings. The van der Waals surface area contributed by atoms with Gasteiger partial charge in [0.2, 0.25) is 0 Å². The largest absolute Gasteiger partial charge is 0.495 e. The maximum Gasteiger partial charge on any atom is 0.433 e. The molecule has 0 saturated carbocycles. The van der Waals surface area contributed by atoms with Crippen LogP contribution >= 0.6 is 0 Å². The first-order chi connectivity index (χ1) is 16.1. The molecule has 1 aromatic heterocycles. The molecule has 1 saturated heterocycles. The van der Waals surface area contributed by atoms with E-state index >= 15 is 0 Å². The van der Waals surface area contributed by atoms with Crippen molar-refractivity contribution in [3.05, 3.63) is 52.7 Å². The Balaban J connectivity index is 1.81. The van der Waals surface area contributed by atoms with Crippen LogP contribution in [0.1, 0.15) is 49.1 Å². The maximum absolute atomic E-state index is 13.3. The van der Waals surface area contributed by atoms with Crippen LogP contribution in [0, 0.1) is 17.2 Å². The first-order valence-corrected chi connectivity index (χ1v) is 11.2. The molecule has 1 N–H and O–H groups in total. The SMILES string of the molecule is COc1cc(C(C)(C=O)CNCc2ccc(C(F)(F)F)nc2N2CCC(C)CC2)ccc1C#N. The van der Waals surface area contributed by atoms with Gasteiger partial charge in [0, 0.05) is 31.7 Å². The molecule has 0 amide bonds. The van der Waals surface area contributed by atoms with Gasteiger partial charge in [-0.25, -0.2) is 4.98 Å². The van der Waals surface area contributed by atoms with Gasteiger partial charge in [0.05, 0.1) is 18.1 Å². The second-order valence-corrected chi connectivity index (χ2v) is 9.01. The number of pyridine rings is 1. The van der Waals surface area contributed by atoms with Crippen LogP contribution in [-0.4, -0.2) is 38.0 Å². The van der Waals surface area contributed by atoms with Crippen LogP contribution in [-0.2, 0) is 22.9 Å². The summed E-state index contributed by atoms with van der Waals surface area (Å²) in [4.78, 5) is 17.9. The van der Waals surface area contributed by atoms with Crippen molar-refractivity contribution in [2.24, 2.45) is 5.92 Å². The molecule has 2 heterocycles. The van der Waals surface area contributed by atoms with E-state index in [1.165, 1.54) is 13.2 Å². The maximum atomic E-state index is 13.3. The molecule has 0 aliphatic carbocycles. The van der Waals surface area contributed by atoms with Gasteiger partial charge in [-0.1, -0.05) is 19.1 Å². The number of halogens is 3. The van der Waals surface area contributed by atoms with Crippen LogP contribution in [0.5, 0.6) is 5.75 Å². The fourth-order valence-corrected chi connectivity index (χ4v) is 4.07. The lowest BCUT2D eigenvalue weighted by atomic mass is 9.83. The molecule has 0 radical (unpaired) electrons. The van der Waals surface area contributed by atoms with E-state index in [4.69, 9.17) is 4.74 Å². The predicted octanol–water partition coefficient (Wildman–Crippen LogP) is 4.46. The summed E-state index contributed by atoms with van der Waals surface area (Å²) in [7, 11) is 1.46. The highest BCUT2D eigenvalue weighted by Gasteiger charge is 2.34. The number of ether oxygens (including phenoxy) is 1. The molecule has 1 unspecified atom stereocenters. The van der Waals surface area contributed by atoms with Gasteiger partial charge in [-0.15, -0.1) is 0 Å². The van der Waals surface area contributed by atoms with Gasteiger partial charge >= 0.3 is 6.18 Å². The number of nitrogens with zero attached hydrogens (tertiary/aromatic N) is 3. The van der Waals surface area contributed by atoms with E-state index in [0.29, 0.717) is 47.3 Å². The molecule has 1 aliphatic heterocycles. The van der Waals surface area contributed by atoms with E-state index in [9.17, 15) is 23.2 Å². The third kappa shape index (κ3) is 5.68. The monoisotopic (exact) mass is 474 g/mol. The number of nitrogens with one attached hydrogen (secondary N) is 1. The molecule has 182 valence electrons. The predicted molar refractivity (Wildman–Crippen MR) is 123 cm³/mol. The molecule has 6 nitrogen and oxygen atoms in total. The average molecular weight is 475 g/mol. The first kappa shape index (κ1) is 25.5. The van der Waals surface area contributed by atoms with E-state index in [1.54, 1.807) is 25.1 Å². The Labute approximate surface area is 197 Å². The van der Waals surface area contributed by atoms with Gasteiger partial charge in [-0.05, 0) is 49.4 Å². The van der Waals surface area contributed by atoms with Crippen LogP contribution in [0.3, 0.4) is 0 Å². The second-order valence-electron chi connectivity index (χ2n) is 9.01. The van der Waals surface area contributed by atoms with E-state index in [2.05, 4.69) is 17.2 Å². The Bertz CT molecular complexity index is 1060. The van der Waals surface area contributed by atoms with Gasteiger partial charge in [0.25, 0.3) is 0 Å². The van der Waals surface area contributed by atoms with Crippen LogP contribution < -0.4 is 15.0 Å². The fraction of sp³-hybridized carbons (Fsp3) is 0.480. The summed E-state index contributed by atoms with van der Waals surface area (Å²) in [6, 6.07) is 9.47. The number of carbonyl (C=O) groups is 1. The number of piperidine rings is 1. The van der Waals surface area contributed by atoms with E-state index in [-0.39, 0.29) is 13.1 Å². The fourth-order valence-electron chi connectivity index (χ4n) is 4.07. The number of aldehydes is 1. The number of hydrogen-bond donors (Lipinski definition) is 1. The van der Waals surface area contributed by atoms with Crippen molar-refractivity contribution in [2.75, 3.05) is 31.6 Å². The van der Waals surface area contributed by atoms with Gasteiger partial charge < -0.3 is 19.7 Å². The van der Waals surface area contributed by atoms with Crippen LogP contribution in [0.2, 0.25) is 0 Å². The quantitative estimate of drug-likeness (QED) is 0.569. The lowest BCUT2D eigenvalue weighted by Crippen LogP contribution is -2.38. The third-order valence-electron chi connectivity index (χ3n) is 6.38. The van der Waals surface area contributed by atoms with Crippen LogP contribution in [0.15, 0.2) is 30.3 Å². The van der Waals surface area contributed by atoms with Crippen molar-refractivity contribution in [1.82, 2.24) is 10.3 Å². The van der Waals surface area contributed by atoms with Crippen molar-refractivity contribution in [3.63, 3.8) is 0 Å². The molecule has 0 bridgehead atoms. The number of benzene rings is 1. The zero-order valence-electron chi connectivity index (χ0n) is 19.6. The Morgan fingerprint density at radius 2 is 1.97 bits per heavy atom. The first-order valence-electron chi connectivity index (χ1n) is 11.2. The van der Waals surface area contributed by atoms with Crippen LogP contribution in [0.25, 0.3) is 0 Å². The van der Waals surface area contributed by atoms with Crippen molar-refractivity contribution in [1.29, 1.82) is 5.26 Å². The summed E-state index contributed by atoms with van der Waals surface area (Å²) in [5.74, 6) is 1.24. The summed E-state index contributed by atoms with van der Waals surface area (Å²) >= 11 is 0. The highest BCUT2D eigenvalue weighted by atomic mass is 19.4. The summed E-state index contributed by atoms with van der Waals surface area (Å²) in [6.07, 6.45) is -1.91. The number of alkyl halides is 3. The van der Waals surface area contributed by atoms with Gasteiger partial charge in [0.1, 0.15) is 29.6 Å². The topological polar surface area (TPSA) is 78.2 Å². The van der Waals surface area contributed by atoms with E-state index in [0.717, 1.165) is 25.2 Å². The summed E-state index contributed by atoms with van der Waals surface area (Å²) in [5.41, 5.74) is -0.160. The Morgan fingerprint density at radius 1 is 1.26 bits per heavy atom. The average Bonchev–Trinajstić information content (AvgIpc) is 2.83. The highest BCUT2D eigenvalue weighted by Crippen LogP contribution is 2.32. The number of carbonyl (C=O) groups excluding carboxylic acids is 1. The molecule has 0 spiro atoms. The Hall–Kier alpha value is -3.12. The number of hydrogen-bond acceptors (Lipinski definition) is 6. The lowest BCUT2D eigenvalue weighted by molar-refractivity contribution is -0.141. The molecule has 9 heteroatoms. The number of nitriles is 1. The van der Waals surface area contributed by atoms with E-state index < -0.39 is 17.3 Å². The minimum atomic E-state index is -4.52. The van der Waals surface area contributed by atoms with Crippen molar-refractivity contribution in [3.8, 4) is 11.8 Å². The summed E-state index contributed by atoms with van der Waals surface area (Å²) in [6.45, 7) is 5.69. The van der Waals surface area contributed by atoms with Crippen molar-refractivity contribution >= 4 is 12.1 Å². The second kappa shape index (κ2) is 10.4. The summed E-state index contributed by atoms with van der Waals surface area (Å²) in [5, 5.41) is 12.4. The molecule has 2 aromatic rings. The Kier molecular flexibility index (Phi) is 7.82. The number of anilines is 1. The molecule has 3 rings (SSSR count). The van der Waals surface area contributed by atoms with Gasteiger partial charge in [-0.2, -0.15) is 18.4 Å². The molecule has 34 heavy (non-hydrogen) atoms. The normalized spacial score (nSPS) is 16.6. The number of methoxy groups -OCH3 is 1. The van der Waals surface area contributed by atoms with E-state index in [1.807, 2.05) is 11.0 Å². The molecular formula is C25H29F3N4O2. The summed E-state index contributed by atoms with van der Waals surface area (Å²) < 4.78 is 45.2. The molecular weight excluding hydrogens is 445 g/mol. The minimum Gasteiger partial charge on any atom is -0.495 e. The molecule has 1 fully saturated rings. The standard InChI is InChI=1S/C25H29F3N4O2/c1-17-8-10-32(11-9-17)23-19(5-7-22(31-23)25(26,27)28)14-30-15-24(2,16-33)20-6-4-18(13-29)21(12-20)34-3/h4-7,12,16-17,30H,8-11,14-15H2,1-3H3. The molecule has 1 aromatic carbocycles. The Morgan fingerprint density at radius 3 is 2.56 bits per heavy atom. The lowest BCUT2D eigenvalue weighted by Gasteiger charge is -2.33. The van der Waals surface area contributed by atoms with Crippen molar-refractivity contribution in [2.45, 2.75) is 44.8 Å². The van der Waals surface area contributed by atoms with Crippen LogP contribution in [0.4, 0.5) is 19.0 Å². The van der Waals surface area contributed by atoms with Gasteiger partial charge in [-0.3, -0.25) is 0 Å². The smallest absolute Gasteiger partial charge is 0.433 e.